The lowest BCUT2D eigenvalue weighted by atomic mass is 9.95. The molecule has 0 spiro atoms. The Hall–Kier alpha value is -0.820. The van der Waals surface area contributed by atoms with Crippen LogP contribution in [-0.2, 0) is 9.53 Å². The van der Waals surface area contributed by atoms with Crippen LogP contribution in [0, 0.1) is 3.57 Å². The number of hydrogen-bond acceptors (Lipinski definition) is 3. The highest BCUT2D eigenvalue weighted by molar-refractivity contribution is 14.1. The lowest BCUT2D eigenvalue weighted by molar-refractivity contribution is -0.147. The average Bonchev–Trinajstić information content (AvgIpc) is 2.40. The second kappa shape index (κ2) is 7.26. The smallest absolute Gasteiger partial charge is 0.331 e. The first kappa shape index (κ1) is 17.2. The van der Waals surface area contributed by atoms with Crippen molar-refractivity contribution in [3.63, 3.8) is 0 Å². The topological polar surface area (TPSA) is 55.4 Å². The molecule has 1 aromatic rings. The highest BCUT2D eigenvalue weighted by Gasteiger charge is 2.35. The number of methoxy groups -OCH3 is 1. The van der Waals surface area contributed by atoms with Gasteiger partial charge in [-0.25, -0.2) is 4.79 Å². The number of nitrogens with one attached hydrogen (secondary N) is 1. The van der Waals surface area contributed by atoms with Gasteiger partial charge >= 0.3 is 5.97 Å². The van der Waals surface area contributed by atoms with Gasteiger partial charge < -0.3 is 10.1 Å². The maximum absolute atomic E-state index is 12.3. The predicted octanol–water partition coefficient (Wildman–Crippen LogP) is 3.41. The fourth-order valence-corrected chi connectivity index (χ4v) is 2.68. The molecule has 0 aromatic heterocycles. The van der Waals surface area contributed by atoms with Gasteiger partial charge in [0.1, 0.15) is 5.54 Å². The largest absolute Gasteiger partial charge is 0.467 e. The Morgan fingerprint density at radius 2 is 2.10 bits per heavy atom. The molecule has 0 saturated carbocycles. The number of amides is 1. The zero-order valence-corrected chi connectivity index (χ0v) is 14.5. The Morgan fingerprint density at radius 3 is 2.65 bits per heavy atom. The molecular weight excluding hydrogens is 393 g/mol. The molecule has 20 heavy (non-hydrogen) atoms. The van der Waals surface area contributed by atoms with Gasteiger partial charge in [0.25, 0.3) is 5.91 Å². The van der Waals surface area contributed by atoms with Gasteiger partial charge in [-0.05, 0) is 54.1 Å². The molecule has 0 aliphatic carbocycles. The molecule has 110 valence electrons. The minimum atomic E-state index is -1.04. The van der Waals surface area contributed by atoms with Gasteiger partial charge in [-0.1, -0.05) is 24.9 Å². The van der Waals surface area contributed by atoms with E-state index in [0.29, 0.717) is 17.0 Å². The number of ether oxygens (including phenoxy) is 1. The van der Waals surface area contributed by atoms with E-state index in [4.69, 9.17) is 16.3 Å². The Morgan fingerprint density at radius 1 is 1.45 bits per heavy atom. The average molecular weight is 410 g/mol. The van der Waals surface area contributed by atoms with Crippen LogP contribution in [0.1, 0.15) is 37.0 Å². The van der Waals surface area contributed by atoms with Crippen molar-refractivity contribution in [2.75, 3.05) is 7.11 Å². The summed E-state index contributed by atoms with van der Waals surface area (Å²) in [6.45, 7) is 3.61. The Kier molecular flexibility index (Phi) is 6.26. The summed E-state index contributed by atoms with van der Waals surface area (Å²) in [7, 11) is 1.31. The van der Waals surface area contributed by atoms with E-state index in [0.717, 1.165) is 9.99 Å². The summed E-state index contributed by atoms with van der Waals surface area (Å²) in [5, 5.41) is 3.23. The number of rotatable bonds is 5. The van der Waals surface area contributed by atoms with Crippen LogP contribution >= 0.6 is 34.2 Å². The van der Waals surface area contributed by atoms with Crippen molar-refractivity contribution in [1.29, 1.82) is 0 Å². The summed E-state index contributed by atoms with van der Waals surface area (Å²) in [5.41, 5.74) is -0.587. The van der Waals surface area contributed by atoms with E-state index in [1.807, 2.05) is 6.92 Å². The second-order valence-corrected chi connectivity index (χ2v) is 6.25. The third kappa shape index (κ3) is 4.09. The first-order chi connectivity index (χ1) is 9.34. The number of hydrogen-bond donors (Lipinski definition) is 1. The van der Waals surface area contributed by atoms with Crippen LogP contribution in [0.2, 0.25) is 5.02 Å². The molecule has 1 aromatic carbocycles. The molecule has 0 aliphatic heterocycles. The van der Waals surface area contributed by atoms with E-state index in [1.165, 1.54) is 7.11 Å². The summed E-state index contributed by atoms with van der Waals surface area (Å²) in [6, 6.07) is 5.06. The highest BCUT2D eigenvalue weighted by Crippen LogP contribution is 2.20. The van der Waals surface area contributed by atoms with Crippen LogP contribution in [0.15, 0.2) is 18.2 Å². The van der Waals surface area contributed by atoms with Gasteiger partial charge in [0.2, 0.25) is 0 Å². The van der Waals surface area contributed by atoms with Gasteiger partial charge in [0, 0.05) is 8.59 Å². The highest BCUT2D eigenvalue weighted by atomic mass is 127. The van der Waals surface area contributed by atoms with Crippen molar-refractivity contribution in [1.82, 2.24) is 5.32 Å². The third-order valence-corrected chi connectivity index (χ3v) is 4.12. The maximum Gasteiger partial charge on any atom is 0.331 e. The second-order valence-electron chi connectivity index (χ2n) is 4.65. The Balaban J connectivity index is 3.02. The minimum absolute atomic E-state index is 0.335. The number of carbonyl (C=O) groups is 2. The van der Waals surface area contributed by atoms with Crippen LogP contribution in [0.25, 0.3) is 0 Å². The first-order valence-corrected chi connectivity index (χ1v) is 7.65. The fourth-order valence-electron chi connectivity index (χ4n) is 1.93. The van der Waals surface area contributed by atoms with Gasteiger partial charge in [0.05, 0.1) is 12.7 Å². The minimum Gasteiger partial charge on any atom is -0.467 e. The molecule has 0 aliphatic rings. The van der Waals surface area contributed by atoms with E-state index in [-0.39, 0.29) is 5.91 Å². The SMILES string of the molecule is CCCC(C)(NC(=O)c1cc(Cl)ccc1I)C(=O)OC. The van der Waals surface area contributed by atoms with Gasteiger partial charge in [0.15, 0.2) is 0 Å². The van der Waals surface area contributed by atoms with Crippen LogP contribution in [-0.4, -0.2) is 24.5 Å². The summed E-state index contributed by atoms with van der Waals surface area (Å²) in [4.78, 5) is 24.2. The van der Waals surface area contributed by atoms with Crippen LogP contribution in [0.5, 0.6) is 0 Å². The van der Waals surface area contributed by atoms with Crippen molar-refractivity contribution < 1.29 is 14.3 Å². The maximum atomic E-state index is 12.3. The summed E-state index contributed by atoms with van der Waals surface area (Å²) in [5.74, 6) is -0.789. The molecule has 6 heteroatoms. The number of esters is 1. The van der Waals surface area contributed by atoms with Crippen molar-refractivity contribution in [3.05, 3.63) is 32.4 Å². The number of benzene rings is 1. The molecule has 0 heterocycles. The van der Waals surface area contributed by atoms with Crippen molar-refractivity contribution in [2.45, 2.75) is 32.2 Å². The molecule has 0 saturated heterocycles. The zero-order chi connectivity index (χ0) is 15.3. The quantitative estimate of drug-likeness (QED) is 0.599. The van der Waals surface area contributed by atoms with E-state index in [2.05, 4.69) is 27.9 Å². The van der Waals surface area contributed by atoms with E-state index < -0.39 is 11.5 Å². The normalized spacial score (nSPS) is 13.4. The number of halogens is 2. The van der Waals surface area contributed by atoms with Gasteiger partial charge in [-0.3, -0.25) is 4.79 Å². The summed E-state index contributed by atoms with van der Waals surface area (Å²) < 4.78 is 5.55. The van der Waals surface area contributed by atoms with E-state index in [9.17, 15) is 9.59 Å². The Labute approximate surface area is 137 Å². The predicted molar refractivity (Wildman–Crippen MR) is 87.0 cm³/mol. The summed E-state index contributed by atoms with van der Waals surface area (Å²) >= 11 is 7.96. The molecule has 0 radical (unpaired) electrons. The van der Waals surface area contributed by atoms with Crippen LogP contribution < -0.4 is 5.32 Å². The molecule has 0 bridgehead atoms. The molecule has 0 fully saturated rings. The van der Waals surface area contributed by atoms with Crippen molar-refractivity contribution in [3.8, 4) is 0 Å². The van der Waals surface area contributed by atoms with Crippen LogP contribution in [0.4, 0.5) is 0 Å². The van der Waals surface area contributed by atoms with Gasteiger partial charge in [-0.2, -0.15) is 0 Å². The first-order valence-electron chi connectivity index (χ1n) is 6.20. The van der Waals surface area contributed by atoms with E-state index >= 15 is 0 Å². The lowest BCUT2D eigenvalue weighted by Crippen LogP contribution is -2.52. The molecule has 1 atom stereocenters. The monoisotopic (exact) mass is 409 g/mol. The standard InChI is InChI=1S/C14H17ClINO3/c1-4-7-14(2,13(19)20-3)17-12(18)10-8-9(15)5-6-11(10)16/h5-6,8H,4,7H2,1-3H3,(H,17,18). The molecule has 1 unspecified atom stereocenters. The number of carbonyl (C=O) groups excluding carboxylic acids is 2. The summed E-state index contributed by atoms with van der Waals surface area (Å²) in [6.07, 6.45) is 1.25. The third-order valence-electron chi connectivity index (χ3n) is 2.95. The van der Waals surface area contributed by atoms with E-state index in [1.54, 1.807) is 25.1 Å². The molecule has 1 amide bonds. The molecular formula is C14H17ClINO3. The molecule has 1 N–H and O–H groups in total. The molecule has 1 rings (SSSR count). The van der Waals surface area contributed by atoms with Gasteiger partial charge in [-0.15, -0.1) is 0 Å². The lowest BCUT2D eigenvalue weighted by Gasteiger charge is -2.27. The Bertz CT molecular complexity index is 521. The van der Waals surface area contributed by atoms with Crippen molar-refractivity contribution >= 4 is 46.1 Å². The fraction of sp³-hybridized carbons (Fsp3) is 0.429. The van der Waals surface area contributed by atoms with Crippen molar-refractivity contribution in [2.24, 2.45) is 0 Å². The van der Waals surface area contributed by atoms with Crippen LogP contribution in [0.3, 0.4) is 0 Å². The zero-order valence-electron chi connectivity index (χ0n) is 11.6. The molecule has 4 nitrogen and oxygen atoms in total.